The van der Waals surface area contributed by atoms with E-state index in [-0.39, 0.29) is 12.8 Å². The number of carbonyl (C=O) groups is 3. The molecule has 0 aliphatic rings. The van der Waals surface area contributed by atoms with E-state index in [4.69, 9.17) is 15.9 Å². The van der Waals surface area contributed by atoms with Gasteiger partial charge >= 0.3 is 111 Å². The van der Waals surface area contributed by atoms with Gasteiger partial charge in [-0.25, -0.2) is 0 Å². The summed E-state index contributed by atoms with van der Waals surface area (Å²) in [5, 5.41) is 20.4. The molecule has 8 heteroatoms. The van der Waals surface area contributed by atoms with Crippen LogP contribution < -0.4 is 11.1 Å². The van der Waals surface area contributed by atoms with E-state index >= 15 is 0 Å². The minimum absolute atomic E-state index is 0.00871. The van der Waals surface area contributed by atoms with Crippen LogP contribution in [0.25, 0.3) is 0 Å². The summed E-state index contributed by atoms with van der Waals surface area (Å²) in [6.07, 6.45) is 0.138. The molecule has 1 amide bonds. The molecular formula is C10H18N2O5Se. The van der Waals surface area contributed by atoms with Gasteiger partial charge in [0.05, 0.1) is 0 Å². The SMILES string of the molecule is C[Se]CC[C@H](NC(=O)[C@@H](N)CCC(=O)O)C(=O)O. The molecule has 0 aromatic heterocycles. The number of carboxylic acid groups (broad SMARTS) is 2. The molecule has 0 spiro atoms. The van der Waals surface area contributed by atoms with Gasteiger partial charge < -0.3 is 0 Å². The van der Waals surface area contributed by atoms with Gasteiger partial charge in [-0.3, -0.25) is 0 Å². The van der Waals surface area contributed by atoms with Crippen LogP contribution in [0.3, 0.4) is 0 Å². The van der Waals surface area contributed by atoms with E-state index in [9.17, 15) is 14.4 Å². The van der Waals surface area contributed by atoms with E-state index < -0.39 is 29.9 Å². The van der Waals surface area contributed by atoms with Crippen molar-refractivity contribution in [2.45, 2.75) is 42.5 Å². The number of carboxylic acids is 2. The average Bonchev–Trinajstić information content (AvgIpc) is 2.30. The van der Waals surface area contributed by atoms with Crippen molar-refractivity contribution in [2.24, 2.45) is 5.73 Å². The molecule has 0 radical (unpaired) electrons. The molecule has 0 aromatic rings. The van der Waals surface area contributed by atoms with Gasteiger partial charge in [-0.1, -0.05) is 0 Å². The van der Waals surface area contributed by atoms with Crippen molar-refractivity contribution in [2.75, 3.05) is 0 Å². The Kier molecular flexibility index (Phi) is 8.36. The maximum absolute atomic E-state index is 11.5. The number of nitrogens with two attached hydrogens (primary N) is 1. The Hall–Kier alpha value is -1.11. The summed E-state index contributed by atoms with van der Waals surface area (Å²) in [6, 6.07) is -1.94. The Bertz CT molecular complexity index is 311. The molecule has 0 aliphatic carbocycles. The molecule has 0 saturated carbocycles. The Morgan fingerprint density at radius 3 is 2.33 bits per heavy atom. The van der Waals surface area contributed by atoms with E-state index in [1.165, 1.54) is 0 Å². The predicted molar refractivity (Wildman–Crippen MR) is 65.5 cm³/mol. The summed E-state index contributed by atoms with van der Waals surface area (Å²) in [7, 11) is 0. The quantitative estimate of drug-likeness (QED) is 0.415. The Labute approximate surface area is 111 Å². The van der Waals surface area contributed by atoms with E-state index in [1.807, 2.05) is 5.82 Å². The standard InChI is InChI=1S/C10H18N2O5Se/c1-18-5-4-7(10(16)17)12-9(15)6(11)2-3-8(13)14/h6-7H,2-5,11H2,1H3,(H,12,15)(H,13,14)(H,16,17)/t6-,7-/m0/s1. The van der Waals surface area contributed by atoms with Crippen LogP contribution in [0.1, 0.15) is 19.3 Å². The Morgan fingerprint density at radius 1 is 1.28 bits per heavy atom. The van der Waals surface area contributed by atoms with Gasteiger partial charge in [0.25, 0.3) is 0 Å². The molecule has 0 aliphatic heterocycles. The third-order valence-electron chi connectivity index (χ3n) is 2.23. The zero-order valence-corrected chi connectivity index (χ0v) is 11.8. The fraction of sp³-hybridized carbons (Fsp3) is 0.700. The first kappa shape index (κ1) is 16.9. The zero-order chi connectivity index (χ0) is 14.1. The summed E-state index contributed by atoms with van der Waals surface area (Å²) in [5.74, 6) is -0.779. The fourth-order valence-electron chi connectivity index (χ4n) is 1.18. The summed E-state index contributed by atoms with van der Waals surface area (Å²) in [4.78, 5) is 32.8. The maximum atomic E-state index is 11.5. The van der Waals surface area contributed by atoms with Gasteiger partial charge in [-0.15, -0.1) is 0 Å². The first-order valence-electron chi connectivity index (χ1n) is 5.38. The number of carbonyl (C=O) groups excluding carboxylic acids is 1. The molecule has 18 heavy (non-hydrogen) atoms. The van der Waals surface area contributed by atoms with E-state index in [2.05, 4.69) is 5.32 Å². The summed E-state index contributed by atoms with van der Waals surface area (Å²) >= 11 is 0.337. The van der Waals surface area contributed by atoms with Crippen molar-refractivity contribution in [3.8, 4) is 0 Å². The van der Waals surface area contributed by atoms with Gasteiger partial charge in [0, 0.05) is 0 Å². The molecule has 0 fully saturated rings. The van der Waals surface area contributed by atoms with Gasteiger partial charge in [0.15, 0.2) is 0 Å². The van der Waals surface area contributed by atoms with Crippen molar-refractivity contribution < 1.29 is 24.6 Å². The number of amides is 1. The molecular weight excluding hydrogens is 307 g/mol. The van der Waals surface area contributed by atoms with Crippen LogP contribution in [-0.4, -0.2) is 55.1 Å². The van der Waals surface area contributed by atoms with Gasteiger partial charge in [0.2, 0.25) is 0 Å². The number of hydrogen-bond acceptors (Lipinski definition) is 4. The first-order valence-corrected chi connectivity index (χ1v) is 8.30. The number of aliphatic carboxylic acids is 2. The molecule has 104 valence electrons. The van der Waals surface area contributed by atoms with Crippen LogP contribution in [0.15, 0.2) is 0 Å². The third-order valence-corrected chi connectivity index (χ3v) is 3.58. The molecule has 0 unspecified atom stereocenters. The fourth-order valence-corrected chi connectivity index (χ4v) is 2.17. The molecule has 0 heterocycles. The van der Waals surface area contributed by atoms with Crippen LogP contribution in [0, 0.1) is 0 Å². The molecule has 0 saturated heterocycles. The first-order chi connectivity index (χ1) is 8.38. The van der Waals surface area contributed by atoms with E-state index in [1.54, 1.807) is 0 Å². The van der Waals surface area contributed by atoms with Crippen molar-refractivity contribution >= 4 is 32.8 Å². The summed E-state index contributed by atoms with van der Waals surface area (Å²) in [6.45, 7) is 0. The van der Waals surface area contributed by atoms with E-state index in [0.717, 1.165) is 5.32 Å². The van der Waals surface area contributed by atoms with Gasteiger partial charge in [-0.05, 0) is 0 Å². The number of nitrogens with one attached hydrogen (secondary N) is 1. The van der Waals surface area contributed by atoms with Crippen molar-refractivity contribution in [1.82, 2.24) is 5.32 Å². The molecule has 0 bridgehead atoms. The number of hydrogen-bond donors (Lipinski definition) is 4. The normalized spacial score (nSPS) is 13.7. The topological polar surface area (TPSA) is 130 Å². The average molecular weight is 325 g/mol. The second kappa shape index (κ2) is 8.90. The van der Waals surface area contributed by atoms with Crippen LogP contribution in [-0.2, 0) is 14.4 Å². The monoisotopic (exact) mass is 326 g/mol. The van der Waals surface area contributed by atoms with Crippen molar-refractivity contribution in [3.05, 3.63) is 0 Å². The summed E-state index contributed by atoms with van der Waals surface area (Å²) < 4.78 is 0. The second-order valence-electron chi connectivity index (χ2n) is 3.72. The van der Waals surface area contributed by atoms with Crippen LogP contribution in [0.5, 0.6) is 0 Å². The zero-order valence-electron chi connectivity index (χ0n) is 10.1. The summed E-state index contributed by atoms with van der Waals surface area (Å²) in [5.41, 5.74) is 5.48. The Morgan fingerprint density at radius 2 is 1.89 bits per heavy atom. The predicted octanol–water partition coefficient (Wildman–Crippen LogP) is -0.691. The molecule has 7 nitrogen and oxygen atoms in total. The molecule has 5 N–H and O–H groups in total. The minimum atomic E-state index is -1.10. The van der Waals surface area contributed by atoms with Crippen molar-refractivity contribution in [3.63, 3.8) is 0 Å². The van der Waals surface area contributed by atoms with E-state index in [0.29, 0.717) is 21.4 Å². The third kappa shape index (κ3) is 7.26. The van der Waals surface area contributed by atoms with Crippen molar-refractivity contribution in [1.29, 1.82) is 0 Å². The Balaban J connectivity index is 4.22. The van der Waals surface area contributed by atoms with Crippen LogP contribution in [0.2, 0.25) is 11.1 Å². The van der Waals surface area contributed by atoms with Gasteiger partial charge in [-0.2, -0.15) is 0 Å². The van der Waals surface area contributed by atoms with Gasteiger partial charge in [0.1, 0.15) is 0 Å². The van der Waals surface area contributed by atoms with Crippen LogP contribution in [0.4, 0.5) is 0 Å². The second-order valence-corrected chi connectivity index (χ2v) is 5.79. The molecule has 0 rings (SSSR count). The molecule has 2 atom stereocenters. The molecule has 0 aromatic carbocycles. The number of rotatable bonds is 9. The van der Waals surface area contributed by atoms with Crippen LogP contribution >= 0.6 is 0 Å².